The third kappa shape index (κ3) is 4.33. The fourth-order valence-corrected chi connectivity index (χ4v) is 3.61. The summed E-state index contributed by atoms with van der Waals surface area (Å²) in [4.78, 5) is 28.7. The number of benzene rings is 1. The molecule has 0 spiro atoms. The monoisotopic (exact) mass is 343 g/mol. The molecule has 2 heterocycles. The molecule has 25 heavy (non-hydrogen) atoms. The number of nitrogens with one attached hydrogen (secondary N) is 1. The molecule has 5 nitrogen and oxygen atoms in total. The van der Waals surface area contributed by atoms with Gasteiger partial charge in [-0.25, -0.2) is 4.79 Å². The number of hydrogen-bond acceptors (Lipinski definition) is 2. The van der Waals surface area contributed by atoms with Crippen molar-refractivity contribution in [3.05, 3.63) is 35.4 Å². The van der Waals surface area contributed by atoms with Gasteiger partial charge in [-0.3, -0.25) is 4.79 Å². The molecule has 2 aliphatic rings. The number of carbonyl (C=O) groups is 2. The van der Waals surface area contributed by atoms with E-state index in [1.165, 1.54) is 5.56 Å². The summed E-state index contributed by atoms with van der Waals surface area (Å²) < 4.78 is 0. The zero-order valence-corrected chi connectivity index (χ0v) is 15.3. The maximum atomic E-state index is 12.4. The van der Waals surface area contributed by atoms with Gasteiger partial charge >= 0.3 is 6.03 Å². The van der Waals surface area contributed by atoms with Gasteiger partial charge in [-0.15, -0.1) is 0 Å². The highest BCUT2D eigenvalue weighted by atomic mass is 16.2. The highest BCUT2D eigenvalue weighted by Gasteiger charge is 2.28. The quantitative estimate of drug-likeness (QED) is 0.916. The Morgan fingerprint density at radius 2 is 1.52 bits per heavy atom. The van der Waals surface area contributed by atoms with E-state index in [2.05, 4.69) is 19.2 Å². The van der Waals surface area contributed by atoms with Crippen molar-refractivity contribution in [2.75, 3.05) is 26.2 Å². The van der Waals surface area contributed by atoms with Crippen molar-refractivity contribution >= 4 is 11.9 Å². The SMILES string of the molecule is CC(C)c1ccc(C(=O)NC2CCN(C(=O)N3CCCC3)CC2)cc1. The lowest BCUT2D eigenvalue weighted by atomic mass is 10.0. The molecule has 0 unspecified atom stereocenters. The molecule has 0 aromatic heterocycles. The largest absolute Gasteiger partial charge is 0.349 e. The number of carbonyl (C=O) groups excluding carboxylic acids is 2. The molecule has 0 saturated carbocycles. The van der Waals surface area contributed by atoms with Crippen LogP contribution in [-0.2, 0) is 0 Å². The van der Waals surface area contributed by atoms with E-state index in [0.717, 1.165) is 51.9 Å². The Morgan fingerprint density at radius 3 is 2.08 bits per heavy atom. The predicted molar refractivity (Wildman–Crippen MR) is 98.8 cm³/mol. The first-order valence-corrected chi connectivity index (χ1v) is 9.49. The first-order chi connectivity index (χ1) is 12.0. The molecule has 0 atom stereocenters. The van der Waals surface area contributed by atoms with Crippen LogP contribution in [0.15, 0.2) is 24.3 Å². The molecule has 0 radical (unpaired) electrons. The van der Waals surface area contributed by atoms with Crippen molar-refractivity contribution in [1.29, 1.82) is 0 Å². The summed E-state index contributed by atoms with van der Waals surface area (Å²) in [5.41, 5.74) is 1.95. The third-order valence-electron chi connectivity index (χ3n) is 5.32. The highest BCUT2D eigenvalue weighted by Crippen LogP contribution is 2.17. The van der Waals surface area contributed by atoms with Crippen LogP contribution >= 0.6 is 0 Å². The van der Waals surface area contributed by atoms with Crippen molar-refractivity contribution in [3.8, 4) is 0 Å². The lowest BCUT2D eigenvalue weighted by Crippen LogP contribution is -2.50. The second-order valence-corrected chi connectivity index (χ2v) is 7.49. The second kappa shape index (κ2) is 7.89. The van der Waals surface area contributed by atoms with Crippen LogP contribution in [0.1, 0.15) is 61.4 Å². The topological polar surface area (TPSA) is 52.7 Å². The fourth-order valence-electron chi connectivity index (χ4n) is 3.61. The Kier molecular flexibility index (Phi) is 5.61. The molecule has 0 bridgehead atoms. The molecule has 2 aliphatic heterocycles. The zero-order chi connectivity index (χ0) is 17.8. The molecule has 3 amide bonds. The van der Waals surface area contributed by atoms with Gasteiger partial charge in [0.05, 0.1) is 0 Å². The number of hydrogen-bond donors (Lipinski definition) is 1. The summed E-state index contributed by atoms with van der Waals surface area (Å²) in [5.74, 6) is 0.453. The van der Waals surface area contributed by atoms with Crippen LogP contribution in [0.3, 0.4) is 0 Å². The van der Waals surface area contributed by atoms with Crippen LogP contribution in [0, 0.1) is 0 Å². The van der Waals surface area contributed by atoms with Gasteiger partial charge in [0.2, 0.25) is 0 Å². The first kappa shape index (κ1) is 17.8. The molecular formula is C20H29N3O2. The maximum Gasteiger partial charge on any atom is 0.319 e. The lowest BCUT2D eigenvalue weighted by molar-refractivity contribution is 0.0912. The van der Waals surface area contributed by atoms with E-state index in [-0.39, 0.29) is 18.0 Å². The number of urea groups is 1. The van der Waals surface area contributed by atoms with E-state index >= 15 is 0 Å². The molecule has 1 aromatic carbocycles. The van der Waals surface area contributed by atoms with E-state index in [1.807, 2.05) is 34.1 Å². The summed E-state index contributed by atoms with van der Waals surface area (Å²) in [6.07, 6.45) is 3.90. The van der Waals surface area contributed by atoms with E-state index < -0.39 is 0 Å². The minimum Gasteiger partial charge on any atom is -0.349 e. The number of piperidine rings is 1. The third-order valence-corrected chi connectivity index (χ3v) is 5.32. The van der Waals surface area contributed by atoms with Crippen LogP contribution < -0.4 is 5.32 Å². The fraction of sp³-hybridized carbons (Fsp3) is 0.600. The van der Waals surface area contributed by atoms with E-state index in [4.69, 9.17) is 0 Å². The van der Waals surface area contributed by atoms with Crippen LogP contribution in [0.2, 0.25) is 0 Å². The average Bonchev–Trinajstić information content (AvgIpc) is 3.16. The molecule has 136 valence electrons. The normalized spacial score (nSPS) is 18.7. The van der Waals surface area contributed by atoms with Gasteiger partial charge in [0.15, 0.2) is 0 Å². The van der Waals surface area contributed by atoms with Crippen molar-refractivity contribution in [2.24, 2.45) is 0 Å². The summed E-state index contributed by atoms with van der Waals surface area (Å²) in [6, 6.07) is 8.17. The Morgan fingerprint density at radius 1 is 0.960 bits per heavy atom. The maximum absolute atomic E-state index is 12.4. The van der Waals surface area contributed by atoms with Crippen molar-refractivity contribution < 1.29 is 9.59 Å². The van der Waals surface area contributed by atoms with Gasteiger partial charge < -0.3 is 15.1 Å². The molecule has 1 aromatic rings. The van der Waals surface area contributed by atoms with E-state index in [9.17, 15) is 9.59 Å². The van der Waals surface area contributed by atoms with Crippen LogP contribution in [0.4, 0.5) is 4.79 Å². The standard InChI is InChI=1S/C20H29N3O2/c1-15(2)16-5-7-17(8-6-16)19(24)21-18-9-13-23(14-10-18)20(25)22-11-3-4-12-22/h5-8,15,18H,3-4,9-14H2,1-2H3,(H,21,24). The average molecular weight is 343 g/mol. The smallest absolute Gasteiger partial charge is 0.319 e. The molecule has 5 heteroatoms. The van der Waals surface area contributed by atoms with Gasteiger partial charge in [-0.1, -0.05) is 26.0 Å². The minimum absolute atomic E-state index is 0.0142. The van der Waals surface area contributed by atoms with E-state index in [0.29, 0.717) is 11.5 Å². The predicted octanol–water partition coefficient (Wildman–Crippen LogP) is 3.22. The second-order valence-electron chi connectivity index (χ2n) is 7.49. The van der Waals surface area contributed by atoms with Crippen LogP contribution in [0.5, 0.6) is 0 Å². The van der Waals surface area contributed by atoms with E-state index in [1.54, 1.807) is 0 Å². The van der Waals surface area contributed by atoms with Gasteiger partial charge in [-0.2, -0.15) is 0 Å². The molecule has 2 saturated heterocycles. The molecule has 3 rings (SSSR count). The zero-order valence-electron chi connectivity index (χ0n) is 15.3. The Bertz CT molecular complexity index is 598. The van der Waals surface area contributed by atoms with Gasteiger partial charge in [-0.05, 0) is 49.3 Å². The van der Waals surface area contributed by atoms with Crippen LogP contribution in [0.25, 0.3) is 0 Å². The number of rotatable bonds is 3. The van der Waals surface area contributed by atoms with Gasteiger partial charge in [0.25, 0.3) is 5.91 Å². The van der Waals surface area contributed by atoms with Crippen LogP contribution in [-0.4, -0.2) is 54.0 Å². The van der Waals surface area contributed by atoms with Gasteiger partial charge in [0, 0.05) is 37.8 Å². The summed E-state index contributed by atoms with van der Waals surface area (Å²) in [7, 11) is 0. The van der Waals surface area contributed by atoms with Crippen molar-refractivity contribution in [1.82, 2.24) is 15.1 Å². The Balaban J connectivity index is 1.48. The number of amides is 3. The first-order valence-electron chi connectivity index (χ1n) is 9.49. The molecule has 2 fully saturated rings. The highest BCUT2D eigenvalue weighted by molar-refractivity contribution is 5.94. The summed E-state index contributed by atoms with van der Waals surface area (Å²) in [5, 5.41) is 3.12. The Labute approximate surface area is 150 Å². The molecular weight excluding hydrogens is 314 g/mol. The minimum atomic E-state index is -0.0142. The number of nitrogens with zero attached hydrogens (tertiary/aromatic N) is 2. The van der Waals surface area contributed by atoms with Crippen molar-refractivity contribution in [3.63, 3.8) is 0 Å². The Hall–Kier alpha value is -2.04. The number of likely N-dealkylation sites (tertiary alicyclic amines) is 2. The lowest BCUT2D eigenvalue weighted by Gasteiger charge is -2.34. The summed E-state index contributed by atoms with van der Waals surface area (Å²) in [6.45, 7) is 7.53. The summed E-state index contributed by atoms with van der Waals surface area (Å²) >= 11 is 0. The molecule has 0 aliphatic carbocycles. The van der Waals surface area contributed by atoms with Gasteiger partial charge in [0.1, 0.15) is 0 Å². The van der Waals surface area contributed by atoms with Crippen molar-refractivity contribution in [2.45, 2.75) is 51.5 Å². The molecule has 1 N–H and O–H groups in total.